The third-order valence-electron chi connectivity index (χ3n) is 2.22. The average molecular weight is 235 g/mol. The van der Waals surface area contributed by atoms with E-state index in [4.69, 9.17) is 21.8 Å². The van der Waals surface area contributed by atoms with Crippen molar-refractivity contribution in [3.05, 3.63) is 35.7 Å². The van der Waals surface area contributed by atoms with Crippen LogP contribution < -0.4 is 5.73 Å². The maximum Gasteiger partial charge on any atom is 0.204 e. The molecule has 16 heavy (non-hydrogen) atoms. The van der Waals surface area contributed by atoms with Crippen LogP contribution >= 0.6 is 11.6 Å². The Morgan fingerprint density at radius 1 is 1.19 bits per heavy atom. The fourth-order valence-electron chi connectivity index (χ4n) is 1.51. The van der Waals surface area contributed by atoms with Crippen molar-refractivity contribution in [2.75, 3.05) is 5.73 Å². The topological polar surface area (TPSA) is 69.3 Å². The summed E-state index contributed by atoms with van der Waals surface area (Å²) < 4.78 is 7.03. The smallest absolute Gasteiger partial charge is 0.204 e. The van der Waals surface area contributed by atoms with Crippen molar-refractivity contribution in [2.24, 2.45) is 0 Å². The van der Waals surface area contributed by atoms with E-state index in [1.807, 2.05) is 0 Å². The third-order valence-corrected chi connectivity index (χ3v) is 2.42. The maximum absolute atomic E-state index is 5.71. The second-order valence-electron chi connectivity index (χ2n) is 3.32. The van der Waals surface area contributed by atoms with Crippen molar-refractivity contribution in [2.45, 2.75) is 0 Å². The molecule has 2 N–H and O–H groups in total. The first-order valence-corrected chi connectivity index (χ1v) is 4.98. The molecule has 0 unspecified atom stereocenters. The molecule has 3 aromatic heterocycles. The van der Waals surface area contributed by atoms with Gasteiger partial charge in [-0.25, -0.2) is 0 Å². The Morgan fingerprint density at radius 2 is 2.06 bits per heavy atom. The molecular formula is C10H7ClN4O. The van der Waals surface area contributed by atoms with Crippen LogP contribution in [0.15, 0.2) is 34.9 Å². The van der Waals surface area contributed by atoms with Crippen LogP contribution in [0.4, 0.5) is 5.69 Å². The standard InChI is InChI=1S/C10H7ClN4O/c11-8-3-2-7(16-8)10-14-13-9-4-1-6(12)5-15(9)10/h1-5H,12H2. The van der Waals surface area contributed by atoms with Crippen LogP contribution in [0.2, 0.25) is 5.22 Å². The van der Waals surface area contributed by atoms with Crippen molar-refractivity contribution in [3.8, 4) is 11.6 Å². The molecule has 5 nitrogen and oxygen atoms in total. The van der Waals surface area contributed by atoms with Crippen molar-refractivity contribution in [3.63, 3.8) is 0 Å². The molecule has 0 aliphatic carbocycles. The van der Waals surface area contributed by atoms with Gasteiger partial charge in [-0.3, -0.25) is 4.40 Å². The lowest BCUT2D eigenvalue weighted by Crippen LogP contribution is -1.92. The lowest BCUT2D eigenvalue weighted by molar-refractivity contribution is 0.578. The lowest BCUT2D eigenvalue weighted by Gasteiger charge is -1.97. The largest absolute Gasteiger partial charge is 0.441 e. The summed E-state index contributed by atoms with van der Waals surface area (Å²) in [5.74, 6) is 1.14. The molecular weight excluding hydrogens is 228 g/mol. The van der Waals surface area contributed by atoms with E-state index in [2.05, 4.69) is 10.2 Å². The highest BCUT2D eigenvalue weighted by molar-refractivity contribution is 6.28. The predicted molar refractivity (Wildman–Crippen MR) is 60.1 cm³/mol. The van der Waals surface area contributed by atoms with Crippen LogP contribution in [-0.2, 0) is 0 Å². The molecule has 0 fully saturated rings. The fourth-order valence-corrected chi connectivity index (χ4v) is 1.66. The Hall–Kier alpha value is -2.01. The van der Waals surface area contributed by atoms with E-state index >= 15 is 0 Å². The van der Waals surface area contributed by atoms with Crippen molar-refractivity contribution in [1.29, 1.82) is 0 Å². The third kappa shape index (κ3) is 1.33. The molecule has 0 radical (unpaired) electrons. The van der Waals surface area contributed by atoms with Crippen LogP contribution in [-0.4, -0.2) is 14.6 Å². The van der Waals surface area contributed by atoms with Gasteiger partial charge in [0.1, 0.15) is 0 Å². The van der Waals surface area contributed by atoms with Gasteiger partial charge in [-0.15, -0.1) is 10.2 Å². The number of hydrogen-bond donors (Lipinski definition) is 1. The molecule has 0 atom stereocenters. The predicted octanol–water partition coefficient (Wildman–Crippen LogP) is 2.22. The Morgan fingerprint density at radius 3 is 2.81 bits per heavy atom. The first-order valence-electron chi connectivity index (χ1n) is 4.60. The van der Waals surface area contributed by atoms with E-state index in [9.17, 15) is 0 Å². The molecule has 0 spiro atoms. The molecule has 0 saturated carbocycles. The number of pyridine rings is 1. The zero-order valence-corrected chi connectivity index (χ0v) is 8.85. The Labute approximate surface area is 95.5 Å². The monoisotopic (exact) mass is 234 g/mol. The number of halogens is 1. The highest BCUT2D eigenvalue weighted by Gasteiger charge is 2.11. The molecule has 0 aromatic carbocycles. The summed E-state index contributed by atoms with van der Waals surface area (Å²) in [6.45, 7) is 0. The number of nitrogens with two attached hydrogens (primary N) is 1. The molecule has 0 saturated heterocycles. The number of rotatable bonds is 1. The van der Waals surface area contributed by atoms with E-state index in [0.717, 1.165) is 0 Å². The minimum atomic E-state index is 0.315. The summed E-state index contributed by atoms with van der Waals surface area (Å²) in [6.07, 6.45) is 1.74. The molecule has 80 valence electrons. The number of hydrogen-bond acceptors (Lipinski definition) is 4. The minimum Gasteiger partial charge on any atom is -0.441 e. The van der Waals surface area contributed by atoms with Crippen LogP contribution in [0, 0.1) is 0 Å². The van der Waals surface area contributed by atoms with Crippen LogP contribution in [0.5, 0.6) is 0 Å². The quantitative estimate of drug-likeness (QED) is 0.701. The molecule has 0 aliphatic heterocycles. The highest BCUT2D eigenvalue weighted by atomic mass is 35.5. The lowest BCUT2D eigenvalue weighted by atomic mass is 10.4. The summed E-state index contributed by atoms with van der Waals surface area (Å²) in [4.78, 5) is 0. The normalized spacial score (nSPS) is 11.1. The van der Waals surface area contributed by atoms with E-state index in [1.165, 1.54) is 0 Å². The van der Waals surface area contributed by atoms with Crippen molar-refractivity contribution < 1.29 is 4.42 Å². The van der Waals surface area contributed by atoms with E-state index in [1.54, 1.807) is 34.9 Å². The summed E-state index contributed by atoms with van der Waals surface area (Å²) in [7, 11) is 0. The average Bonchev–Trinajstić information content (AvgIpc) is 2.83. The van der Waals surface area contributed by atoms with Gasteiger partial charge in [0.2, 0.25) is 5.82 Å². The Balaban J connectivity index is 2.27. The van der Waals surface area contributed by atoms with Crippen LogP contribution in [0.1, 0.15) is 0 Å². The zero-order chi connectivity index (χ0) is 11.1. The minimum absolute atomic E-state index is 0.315. The Kier molecular flexibility index (Phi) is 1.87. The number of fused-ring (bicyclic) bond motifs is 1. The van der Waals surface area contributed by atoms with Gasteiger partial charge in [0.25, 0.3) is 0 Å². The van der Waals surface area contributed by atoms with Gasteiger partial charge in [-0.05, 0) is 35.9 Å². The fraction of sp³-hybridized carbons (Fsp3) is 0. The molecule has 3 heterocycles. The molecule has 3 aromatic rings. The van der Waals surface area contributed by atoms with E-state index in [0.29, 0.717) is 28.1 Å². The number of anilines is 1. The van der Waals surface area contributed by atoms with Gasteiger partial charge in [-0.1, -0.05) is 0 Å². The molecule has 3 rings (SSSR count). The van der Waals surface area contributed by atoms with Gasteiger partial charge in [-0.2, -0.15) is 0 Å². The van der Waals surface area contributed by atoms with Gasteiger partial charge < -0.3 is 10.2 Å². The SMILES string of the molecule is Nc1ccc2nnc(-c3ccc(Cl)o3)n2c1. The highest BCUT2D eigenvalue weighted by Crippen LogP contribution is 2.24. The summed E-state index contributed by atoms with van der Waals surface area (Å²) >= 11 is 5.71. The number of nitrogens with zero attached hydrogens (tertiary/aromatic N) is 3. The summed E-state index contributed by atoms with van der Waals surface area (Å²) in [6, 6.07) is 6.95. The molecule has 0 amide bonds. The zero-order valence-electron chi connectivity index (χ0n) is 8.09. The maximum atomic E-state index is 5.71. The number of furan rings is 1. The number of aromatic nitrogens is 3. The molecule has 6 heteroatoms. The second kappa shape index (κ2) is 3.24. The van der Waals surface area contributed by atoms with Gasteiger partial charge >= 0.3 is 0 Å². The van der Waals surface area contributed by atoms with Crippen LogP contribution in [0.25, 0.3) is 17.2 Å². The van der Waals surface area contributed by atoms with E-state index < -0.39 is 0 Å². The van der Waals surface area contributed by atoms with Crippen LogP contribution in [0.3, 0.4) is 0 Å². The second-order valence-corrected chi connectivity index (χ2v) is 3.69. The first kappa shape index (κ1) is 9.23. The number of nitrogen functional groups attached to an aromatic ring is 1. The van der Waals surface area contributed by atoms with Gasteiger partial charge in [0.15, 0.2) is 16.6 Å². The summed E-state index contributed by atoms with van der Waals surface area (Å²) in [5, 5.41) is 8.34. The van der Waals surface area contributed by atoms with Gasteiger partial charge in [0, 0.05) is 11.9 Å². The van der Waals surface area contributed by atoms with Crippen molar-refractivity contribution in [1.82, 2.24) is 14.6 Å². The van der Waals surface area contributed by atoms with Crippen molar-refractivity contribution >= 4 is 22.9 Å². The molecule has 0 bridgehead atoms. The Bertz CT molecular complexity index is 658. The van der Waals surface area contributed by atoms with Gasteiger partial charge in [0.05, 0.1) is 0 Å². The summed E-state index contributed by atoms with van der Waals surface area (Å²) in [5.41, 5.74) is 7.04. The first-order chi connectivity index (χ1) is 7.74. The molecule has 0 aliphatic rings. The van der Waals surface area contributed by atoms with E-state index in [-0.39, 0.29) is 0 Å².